The van der Waals surface area contributed by atoms with E-state index < -0.39 is 6.10 Å². The first kappa shape index (κ1) is 17.4. The molecule has 1 atom stereocenters. The number of fused-ring (bicyclic) bond motifs is 1. The van der Waals surface area contributed by atoms with E-state index in [2.05, 4.69) is 31.3 Å². The molecule has 1 amide bonds. The van der Waals surface area contributed by atoms with Gasteiger partial charge in [-0.25, -0.2) is 9.67 Å². The van der Waals surface area contributed by atoms with E-state index in [1.807, 2.05) is 48.9 Å². The van der Waals surface area contributed by atoms with Gasteiger partial charge in [-0.2, -0.15) is 5.10 Å². The molecule has 0 aliphatic heterocycles. The van der Waals surface area contributed by atoms with Crippen LogP contribution in [0.15, 0.2) is 47.2 Å². The number of halogens is 1. The zero-order valence-corrected chi connectivity index (χ0v) is 15.8. The number of anilines is 1. The summed E-state index contributed by atoms with van der Waals surface area (Å²) in [7, 11) is 0. The van der Waals surface area contributed by atoms with Crippen LogP contribution in [0.2, 0.25) is 0 Å². The number of rotatable bonds is 5. The zero-order chi connectivity index (χ0) is 18.0. The maximum Gasteiger partial charge on any atom is 0.265 e. The van der Waals surface area contributed by atoms with Crippen molar-refractivity contribution in [3.8, 4) is 5.75 Å². The van der Waals surface area contributed by atoms with Crippen LogP contribution in [0, 0.1) is 0 Å². The van der Waals surface area contributed by atoms with Crippen molar-refractivity contribution >= 4 is 38.6 Å². The van der Waals surface area contributed by atoms with Gasteiger partial charge in [-0.3, -0.25) is 4.79 Å². The van der Waals surface area contributed by atoms with Crippen LogP contribution in [-0.4, -0.2) is 26.8 Å². The fourth-order valence-electron chi connectivity index (χ4n) is 2.40. The summed E-state index contributed by atoms with van der Waals surface area (Å²) in [4.78, 5) is 16.7. The number of carbonyl (C=O) groups excluding carboxylic acids is 1. The predicted molar refractivity (Wildman–Crippen MR) is 101 cm³/mol. The molecule has 0 saturated heterocycles. The van der Waals surface area contributed by atoms with Gasteiger partial charge in [-0.15, -0.1) is 0 Å². The van der Waals surface area contributed by atoms with Crippen LogP contribution in [0.3, 0.4) is 0 Å². The number of carbonyl (C=O) groups is 1. The SMILES string of the molecule is CC(Oc1ccc(Br)cc1)C(=O)Nc1cnc2c(cnn2C(C)C)c1. The first-order valence-electron chi connectivity index (χ1n) is 8.00. The molecular weight excluding hydrogens is 384 g/mol. The molecule has 2 aromatic heterocycles. The van der Waals surface area contributed by atoms with Gasteiger partial charge in [0.05, 0.1) is 18.1 Å². The molecule has 0 bridgehead atoms. The Hall–Kier alpha value is -2.41. The molecule has 25 heavy (non-hydrogen) atoms. The Morgan fingerprint density at radius 2 is 1.92 bits per heavy atom. The number of hydrogen-bond donors (Lipinski definition) is 1. The summed E-state index contributed by atoms with van der Waals surface area (Å²) >= 11 is 3.37. The molecule has 130 valence electrons. The molecule has 1 unspecified atom stereocenters. The molecule has 3 aromatic rings. The summed E-state index contributed by atoms with van der Waals surface area (Å²) in [5, 5.41) is 8.04. The monoisotopic (exact) mass is 402 g/mol. The summed E-state index contributed by atoms with van der Waals surface area (Å²) in [5.74, 6) is 0.401. The number of pyridine rings is 1. The second kappa shape index (κ2) is 7.23. The summed E-state index contributed by atoms with van der Waals surface area (Å²) in [6.45, 7) is 5.80. The lowest BCUT2D eigenvalue weighted by Gasteiger charge is -2.15. The van der Waals surface area contributed by atoms with Crippen LogP contribution in [-0.2, 0) is 4.79 Å². The minimum Gasteiger partial charge on any atom is -0.481 e. The molecule has 2 heterocycles. The summed E-state index contributed by atoms with van der Waals surface area (Å²) < 4.78 is 8.46. The largest absolute Gasteiger partial charge is 0.481 e. The van der Waals surface area contributed by atoms with Crippen LogP contribution < -0.4 is 10.1 Å². The van der Waals surface area contributed by atoms with Crippen LogP contribution in [0.5, 0.6) is 5.75 Å². The van der Waals surface area contributed by atoms with Gasteiger partial charge in [0.2, 0.25) is 0 Å². The maximum absolute atomic E-state index is 12.3. The second-order valence-corrected chi connectivity index (χ2v) is 6.94. The van der Waals surface area contributed by atoms with Gasteiger partial charge in [0.15, 0.2) is 11.8 Å². The lowest BCUT2D eigenvalue weighted by Crippen LogP contribution is -2.30. The molecule has 7 heteroatoms. The Labute approximate surface area is 154 Å². The van der Waals surface area contributed by atoms with Crippen LogP contribution in [0.1, 0.15) is 26.8 Å². The fraction of sp³-hybridized carbons (Fsp3) is 0.278. The lowest BCUT2D eigenvalue weighted by molar-refractivity contribution is -0.122. The predicted octanol–water partition coefficient (Wildman–Crippen LogP) is 4.18. The Morgan fingerprint density at radius 1 is 1.20 bits per heavy atom. The van der Waals surface area contributed by atoms with Crippen molar-refractivity contribution in [1.29, 1.82) is 0 Å². The van der Waals surface area contributed by atoms with Gasteiger partial charge in [0.1, 0.15) is 5.75 Å². The highest BCUT2D eigenvalue weighted by atomic mass is 79.9. The van der Waals surface area contributed by atoms with E-state index in [0.717, 1.165) is 15.5 Å². The molecule has 1 aromatic carbocycles. The summed E-state index contributed by atoms with van der Waals surface area (Å²) in [5.41, 5.74) is 1.42. The van der Waals surface area contributed by atoms with Crippen LogP contribution >= 0.6 is 15.9 Å². The number of ether oxygens (including phenoxy) is 1. The normalized spacial score (nSPS) is 12.4. The van der Waals surface area contributed by atoms with Gasteiger partial charge < -0.3 is 10.1 Å². The molecular formula is C18H19BrN4O2. The molecule has 0 aliphatic carbocycles. The number of aromatic nitrogens is 3. The molecule has 0 spiro atoms. The quantitative estimate of drug-likeness (QED) is 0.694. The van der Waals surface area contributed by atoms with Gasteiger partial charge in [-0.1, -0.05) is 15.9 Å². The number of nitrogens with zero attached hydrogens (tertiary/aromatic N) is 3. The summed E-state index contributed by atoms with van der Waals surface area (Å²) in [6.07, 6.45) is 2.75. The van der Waals surface area contributed by atoms with E-state index in [4.69, 9.17) is 4.74 Å². The molecule has 0 fully saturated rings. The van der Waals surface area contributed by atoms with E-state index in [1.54, 1.807) is 19.3 Å². The third-order valence-electron chi connectivity index (χ3n) is 3.69. The van der Waals surface area contributed by atoms with Crippen molar-refractivity contribution in [3.05, 3.63) is 47.2 Å². The van der Waals surface area contributed by atoms with Crippen molar-refractivity contribution < 1.29 is 9.53 Å². The number of amides is 1. The van der Waals surface area contributed by atoms with Crippen molar-refractivity contribution in [2.45, 2.75) is 32.9 Å². The Kier molecular flexibility index (Phi) is 5.03. The van der Waals surface area contributed by atoms with Crippen molar-refractivity contribution in [2.75, 3.05) is 5.32 Å². The second-order valence-electron chi connectivity index (χ2n) is 6.02. The molecule has 0 radical (unpaired) electrons. The lowest BCUT2D eigenvalue weighted by atomic mass is 10.3. The molecule has 0 saturated carbocycles. The maximum atomic E-state index is 12.3. The first-order chi connectivity index (χ1) is 11.9. The Bertz CT molecular complexity index is 890. The van der Waals surface area contributed by atoms with E-state index in [-0.39, 0.29) is 11.9 Å². The molecule has 6 nitrogen and oxygen atoms in total. The Balaban J connectivity index is 1.69. The van der Waals surface area contributed by atoms with E-state index in [0.29, 0.717) is 11.4 Å². The smallest absolute Gasteiger partial charge is 0.265 e. The van der Waals surface area contributed by atoms with Crippen LogP contribution in [0.4, 0.5) is 5.69 Å². The van der Waals surface area contributed by atoms with E-state index in [1.165, 1.54) is 0 Å². The minimum absolute atomic E-state index is 0.227. The van der Waals surface area contributed by atoms with Gasteiger partial charge in [0.25, 0.3) is 5.91 Å². The number of hydrogen-bond acceptors (Lipinski definition) is 4. The highest BCUT2D eigenvalue weighted by Crippen LogP contribution is 2.20. The standard InChI is InChI=1S/C18H19BrN4O2/c1-11(2)23-17-13(9-21-23)8-15(10-20-17)22-18(24)12(3)25-16-6-4-14(19)5-7-16/h4-12H,1-3H3,(H,22,24). The first-order valence-corrected chi connectivity index (χ1v) is 8.79. The van der Waals surface area contributed by atoms with E-state index in [9.17, 15) is 4.79 Å². The average molecular weight is 403 g/mol. The van der Waals surface area contributed by atoms with Gasteiger partial charge in [0, 0.05) is 15.9 Å². The molecule has 3 rings (SSSR count). The topological polar surface area (TPSA) is 69.0 Å². The Morgan fingerprint density at radius 3 is 2.60 bits per heavy atom. The van der Waals surface area contributed by atoms with Crippen LogP contribution in [0.25, 0.3) is 11.0 Å². The molecule has 1 N–H and O–H groups in total. The zero-order valence-electron chi connectivity index (χ0n) is 14.2. The highest BCUT2D eigenvalue weighted by molar-refractivity contribution is 9.10. The van der Waals surface area contributed by atoms with E-state index >= 15 is 0 Å². The fourth-order valence-corrected chi connectivity index (χ4v) is 2.67. The summed E-state index contributed by atoms with van der Waals surface area (Å²) in [6, 6.07) is 9.43. The highest BCUT2D eigenvalue weighted by Gasteiger charge is 2.16. The molecule has 0 aliphatic rings. The third-order valence-corrected chi connectivity index (χ3v) is 4.21. The van der Waals surface area contributed by atoms with Crippen molar-refractivity contribution in [2.24, 2.45) is 0 Å². The minimum atomic E-state index is -0.629. The third kappa shape index (κ3) is 3.99. The van der Waals surface area contributed by atoms with Crippen molar-refractivity contribution in [1.82, 2.24) is 14.8 Å². The number of benzene rings is 1. The average Bonchev–Trinajstić information content (AvgIpc) is 3.00. The number of nitrogens with one attached hydrogen (secondary N) is 1. The van der Waals surface area contributed by atoms with Gasteiger partial charge >= 0.3 is 0 Å². The van der Waals surface area contributed by atoms with Gasteiger partial charge in [-0.05, 0) is 51.1 Å². The van der Waals surface area contributed by atoms with Crippen molar-refractivity contribution in [3.63, 3.8) is 0 Å².